The highest BCUT2D eigenvalue weighted by atomic mass is 32.2. The Morgan fingerprint density at radius 2 is 1.53 bits per heavy atom. The first-order chi connectivity index (χ1) is 14.2. The highest BCUT2D eigenvalue weighted by Crippen LogP contribution is 2.03. The summed E-state index contributed by atoms with van der Waals surface area (Å²) in [6.45, 7) is -0.233. The molecule has 0 bridgehead atoms. The standard InChI is InChI=1S/C17H33N5O6S2/c1-30-7-5-11(17(27)28)20-16(26)13(9-29)22-15(25)12(8-23)21-14(24)10(19)4-2-3-6-18/h10-13,23,29H,2-9,18-19H2,1H3,(H,20,26)(H,21,24)(H,22,25)(H,27,28). The van der Waals surface area contributed by atoms with Crippen molar-refractivity contribution in [1.82, 2.24) is 16.0 Å². The Morgan fingerprint density at radius 1 is 0.967 bits per heavy atom. The van der Waals surface area contributed by atoms with Gasteiger partial charge in [-0.2, -0.15) is 24.4 Å². The first kappa shape index (κ1) is 28.5. The number of unbranched alkanes of at least 4 members (excludes halogenated alkanes) is 1. The minimum absolute atomic E-state index is 0.114. The second-order valence-corrected chi connectivity index (χ2v) is 7.91. The van der Waals surface area contributed by atoms with Gasteiger partial charge in [-0.25, -0.2) is 4.79 Å². The topological polar surface area (TPSA) is 197 Å². The number of carbonyl (C=O) groups is 4. The van der Waals surface area contributed by atoms with E-state index in [9.17, 15) is 29.4 Å². The van der Waals surface area contributed by atoms with Gasteiger partial charge in [0, 0.05) is 5.75 Å². The molecular weight excluding hydrogens is 434 g/mol. The smallest absolute Gasteiger partial charge is 0.326 e. The molecule has 30 heavy (non-hydrogen) atoms. The maximum absolute atomic E-state index is 12.4. The van der Waals surface area contributed by atoms with Crippen LogP contribution in [0.5, 0.6) is 0 Å². The van der Waals surface area contributed by atoms with E-state index in [0.717, 1.165) is 0 Å². The molecule has 0 rings (SSSR count). The molecule has 174 valence electrons. The summed E-state index contributed by atoms with van der Waals surface area (Å²) >= 11 is 5.45. The van der Waals surface area contributed by atoms with Gasteiger partial charge in [-0.15, -0.1) is 0 Å². The van der Waals surface area contributed by atoms with Gasteiger partial charge in [-0.1, -0.05) is 6.42 Å². The number of carboxylic acid groups (broad SMARTS) is 1. The number of carboxylic acids is 1. The molecule has 11 nitrogen and oxygen atoms in total. The van der Waals surface area contributed by atoms with Gasteiger partial charge in [0.1, 0.15) is 18.1 Å². The summed E-state index contributed by atoms with van der Waals surface area (Å²) in [4.78, 5) is 48.1. The summed E-state index contributed by atoms with van der Waals surface area (Å²) in [6.07, 6.45) is 3.75. The summed E-state index contributed by atoms with van der Waals surface area (Å²) in [5.74, 6) is -2.93. The quantitative estimate of drug-likeness (QED) is 0.0905. The average molecular weight is 468 g/mol. The monoisotopic (exact) mass is 467 g/mol. The molecule has 3 amide bonds. The Balaban J connectivity index is 4.86. The van der Waals surface area contributed by atoms with Gasteiger partial charge < -0.3 is 37.6 Å². The van der Waals surface area contributed by atoms with E-state index in [-0.39, 0.29) is 12.2 Å². The van der Waals surface area contributed by atoms with Gasteiger partial charge in [-0.05, 0) is 37.8 Å². The molecule has 13 heteroatoms. The fourth-order valence-corrected chi connectivity index (χ4v) is 3.07. The van der Waals surface area contributed by atoms with Crippen molar-refractivity contribution in [3.63, 3.8) is 0 Å². The van der Waals surface area contributed by atoms with Crippen LogP contribution in [-0.4, -0.2) is 89.0 Å². The van der Waals surface area contributed by atoms with Crippen molar-refractivity contribution in [3.05, 3.63) is 0 Å². The molecule has 4 atom stereocenters. The molecule has 0 radical (unpaired) electrons. The molecule has 0 aromatic carbocycles. The van der Waals surface area contributed by atoms with E-state index >= 15 is 0 Å². The molecule has 4 unspecified atom stereocenters. The highest BCUT2D eigenvalue weighted by molar-refractivity contribution is 7.98. The van der Waals surface area contributed by atoms with Crippen LogP contribution in [0.4, 0.5) is 0 Å². The van der Waals surface area contributed by atoms with Gasteiger partial charge in [0.05, 0.1) is 12.6 Å². The molecule has 0 aromatic rings. The SMILES string of the molecule is CSCCC(NC(=O)C(CS)NC(=O)C(CO)NC(=O)C(N)CCCCN)C(=O)O. The normalized spacial score (nSPS) is 14.8. The predicted octanol–water partition coefficient (Wildman–Crippen LogP) is -2.34. The Hall–Kier alpha value is -1.54. The van der Waals surface area contributed by atoms with E-state index in [1.807, 2.05) is 6.26 Å². The Kier molecular flexibility index (Phi) is 15.4. The zero-order valence-corrected chi connectivity index (χ0v) is 18.7. The van der Waals surface area contributed by atoms with Gasteiger partial charge in [0.15, 0.2) is 0 Å². The second-order valence-electron chi connectivity index (χ2n) is 6.56. The first-order valence-corrected chi connectivity index (χ1v) is 11.5. The van der Waals surface area contributed by atoms with E-state index in [0.29, 0.717) is 31.6 Å². The number of rotatable bonds is 16. The zero-order chi connectivity index (χ0) is 23.1. The number of thiol groups is 1. The molecule has 0 aromatic heterocycles. The van der Waals surface area contributed by atoms with Crippen molar-refractivity contribution < 1.29 is 29.4 Å². The van der Waals surface area contributed by atoms with E-state index in [4.69, 9.17) is 11.5 Å². The Labute approximate surface area is 185 Å². The summed E-state index contributed by atoms with van der Waals surface area (Å²) in [7, 11) is 0. The van der Waals surface area contributed by atoms with Crippen LogP contribution in [0.15, 0.2) is 0 Å². The van der Waals surface area contributed by atoms with E-state index in [1.54, 1.807) is 0 Å². The third-order valence-corrected chi connectivity index (χ3v) is 5.17. The highest BCUT2D eigenvalue weighted by Gasteiger charge is 2.29. The van der Waals surface area contributed by atoms with Gasteiger partial charge >= 0.3 is 5.97 Å². The van der Waals surface area contributed by atoms with Crippen LogP contribution >= 0.6 is 24.4 Å². The number of thioether (sulfide) groups is 1. The third-order valence-electron chi connectivity index (χ3n) is 4.16. The molecule has 0 saturated heterocycles. The minimum Gasteiger partial charge on any atom is -0.480 e. The lowest BCUT2D eigenvalue weighted by Crippen LogP contribution is -2.58. The van der Waals surface area contributed by atoms with Crippen LogP contribution in [0, 0.1) is 0 Å². The van der Waals surface area contributed by atoms with Crippen molar-refractivity contribution in [2.45, 2.75) is 49.9 Å². The predicted molar refractivity (Wildman–Crippen MR) is 118 cm³/mol. The van der Waals surface area contributed by atoms with Crippen LogP contribution in [0.25, 0.3) is 0 Å². The number of amides is 3. The molecule has 0 saturated carbocycles. The Morgan fingerprint density at radius 3 is 2.03 bits per heavy atom. The van der Waals surface area contributed by atoms with Crippen LogP contribution in [-0.2, 0) is 19.2 Å². The number of aliphatic carboxylic acids is 1. The zero-order valence-electron chi connectivity index (χ0n) is 17.0. The number of hydrogen-bond donors (Lipinski definition) is 8. The molecule has 0 heterocycles. The third kappa shape index (κ3) is 11.0. The van der Waals surface area contributed by atoms with Crippen LogP contribution in [0.3, 0.4) is 0 Å². The average Bonchev–Trinajstić information content (AvgIpc) is 2.72. The van der Waals surface area contributed by atoms with Crippen molar-refractivity contribution in [1.29, 1.82) is 0 Å². The molecule has 9 N–H and O–H groups in total. The number of aliphatic hydroxyl groups excluding tert-OH is 1. The fraction of sp³-hybridized carbons (Fsp3) is 0.765. The summed E-state index contributed by atoms with van der Waals surface area (Å²) < 4.78 is 0. The lowest BCUT2D eigenvalue weighted by atomic mass is 10.1. The second kappa shape index (κ2) is 16.2. The number of carbonyl (C=O) groups excluding carboxylic acids is 3. The summed E-state index contributed by atoms with van der Waals surface area (Å²) in [5, 5.41) is 25.7. The van der Waals surface area contributed by atoms with Gasteiger partial charge in [-0.3, -0.25) is 14.4 Å². The van der Waals surface area contributed by atoms with Gasteiger partial charge in [0.2, 0.25) is 17.7 Å². The maximum atomic E-state index is 12.4. The van der Waals surface area contributed by atoms with E-state index < -0.39 is 54.5 Å². The van der Waals surface area contributed by atoms with Crippen LogP contribution in [0.1, 0.15) is 25.7 Å². The van der Waals surface area contributed by atoms with Crippen molar-refractivity contribution >= 4 is 48.1 Å². The summed E-state index contributed by atoms with van der Waals surface area (Å²) in [5.41, 5.74) is 11.1. The molecular formula is C17H33N5O6S2. The van der Waals surface area contributed by atoms with E-state index in [1.165, 1.54) is 11.8 Å². The fourth-order valence-electron chi connectivity index (χ4n) is 2.34. The lowest BCUT2D eigenvalue weighted by molar-refractivity contribution is -0.142. The maximum Gasteiger partial charge on any atom is 0.326 e. The number of nitrogens with one attached hydrogen (secondary N) is 3. The number of aliphatic hydroxyl groups is 1. The van der Waals surface area contributed by atoms with E-state index in [2.05, 4.69) is 28.6 Å². The van der Waals surface area contributed by atoms with Crippen molar-refractivity contribution in [2.75, 3.05) is 30.9 Å². The van der Waals surface area contributed by atoms with Gasteiger partial charge in [0.25, 0.3) is 0 Å². The molecule has 0 aliphatic carbocycles. The minimum atomic E-state index is -1.32. The first-order valence-electron chi connectivity index (χ1n) is 9.51. The van der Waals surface area contributed by atoms with Crippen molar-refractivity contribution in [2.24, 2.45) is 11.5 Å². The molecule has 0 spiro atoms. The summed E-state index contributed by atoms with van der Waals surface area (Å²) in [6, 6.07) is -4.44. The Bertz CT molecular complexity index is 569. The molecule has 0 fully saturated rings. The molecule has 0 aliphatic rings. The van der Waals surface area contributed by atoms with Crippen LogP contribution < -0.4 is 27.4 Å². The largest absolute Gasteiger partial charge is 0.480 e. The lowest BCUT2D eigenvalue weighted by Gasteiger charge is -2.23. The van der Waals surface area contributed by atoms with Crippen LogP contribution in [0.2, 0.25) is 0 Å². The number of nitrogens with two attached hydrogens (primary N) is 2. The number of hydrogen-bond acceptors (Lipinski definition) is 9. The van der Waals surface area contributed by atoms with Crippen molar-refractivity contribution in [3.8, 4) is 0 Å². The molecule has 0 aliphatic heterocycles.